The van der Waals surface area contributed by atoms with E-state index in [4.69, 9.17) is 10.8 Å². The van der Waals surface area contributed by atoms with Crippen LogP contribution in [0, 0.1) is 0 Å². The Hall–Kier alpha value is -1.24. The summed E-state index contributed by atoms with van der Waals surface area (Å²) >= 11 is 4.63. The predicted molar refractivity (Wildman–Crippen MR) is 69.8 cm³/mol. The summed E-state index contributed by atoms with van der Waals surface area (Å²) in [6.45, 7) is 0. The van der Waals surface area contributed by atoms with Gasteiger partial charge in [-0.3, -0.25) is 4.79 Å². The molecule has 1 aromatic heterocycles. The van der Waals surface area contributed by atoms with Crippen LogP contribution in [-0.4, -0.2) is 16.1 Å². The number of aromatic nitrogens is 1. The van der Waals surface area contributed by atoms with E-state index >= 15 is 0 Å². The number of rotatable bonds is 3. The third-order valence-corrected chi connectivity index (χ3v) is 3.60. The Morgan fingerprint density at radius 2 is 2.29 bits per heavy atom. The highest BCUT2D eigenvalue weighted by Crippen LogP contribution is 2.26. The zero-order valence-electron chi connectivity index (χ0n) is 8.63. The molecule has 1 heterocycles. The normalized spacial score (nSPS) is 12.4. The van der Waals surface area contributed by atoms with Gasteiger partial charge in [-0.1, -0.05) is 28.1 Å². The van der Waals surface area contributed by atoms with Crippen molar-refractivity contribution in [3.05, 3.63) is 39.1 Å². The third-order valence-electron chi connectivity index (χ3n) is 2.17. The van der Waals surface area contributed by atoms with Crippen LogP contribution in [0.15, 0.2) is 34.1 Å². The third kappa shape index (κ3) is 2.71. The maximum Gasteiger partial charge on any atom is 0.327 e. The Morgan fingerprint density at radius 1 is 1.53 bits per heavy atom. The van der Waals surface area contributed by atoms with Crippen LogP contribution < -0.4 is 5.73 Å². The van der Waals surface area contributed by atoms with Crippen LogP contribution in [0.3, 0.4) is 0 Å². The first kappa shape index (κ1) is 12.2. The first-order chi connectivity index (χ1) is 8.08. The van der Waals surface area contributed by atoms with Gasteiger partial charge in [-0.15, -0.1) is 11.3 Å². The van der Waals surface area contributed by atoms with Gasteiger partial charge < -0.3 is 10.8 Å². The molecule has 88 valence electrons. The minimum atomic E-state index is -1.07. The minimum absolute atomic E-state index is 0.410. The number of nitrogens with zero attached hydrogens (tertiary/aromatic N) is 1. The molecule has 1 unspecified atom stereocenters. The fraction of sp³-hybridized carbons (Fsp3) is 0.0909. The Morgan fingerprint density at radius 3 is 2.94 bits per heavy atom. The van der Waals surface area contributed by atoms with E-state index in [1.54, 1.807) is 5.38 Å². The van der Waals surface area contributed by atoms with Crippen molar-refractivity contribution in [3.63, 3.8) is 0 Å². The maximum absolute atomic E-state index is 10.7. The topological polar surface area (TPSA) is 76.2 Å². The van der Waals surface area contributed by atoms with Crippen LogP contribution in [0.5, 0.6) is 0 Å². The smallest absolute Gasteiger partial charge is 0.327 e. The average molecular weight is 313 g/mol. The molecule has 0 saturated heterocycles. The number of hydrogen-bond acceptors (Lipinski definition) is 4. The van der Waals surface area contributed by atoms with E-state index in [2.05, 4.69) is 20.9 Å². The molecule has 0 spiro atoms. The van der Waals surface area contributed by atoms with Crippen molar-refractivity contribution in [2.24, 2.45) is 5.73 Å². The number of halogens is 1. The summed E-state index contributed by atoms with van der Waals surface area (Å²) in [6.07, 6.45) is 0. The standard InChI is InChI=1S/C11H9BrN2O2S/c12-7-3-1-2-6(4-7)8-5-17-10(14-8)9(13)11(15)16/h1-5,9H,13H2,(H,15,16). The van der Waals surface area contributed by atoms with Gasteiger partial charge in [0, 0.05) is 15.4 Å². The Balaban J connectivity index is 2.33. The van der Waals surface area contributed by atoms with Gasteiger partial charge in [-0.25, -0.2) is 4.98 Å². The lowest BCUT2D eigenvalue weighted by molar-refractivity contribution is -0.138. The fourth-order valence-electron chi connectivity index (χ4n) is 1.32. The first-order valence-electron chi connectivity index (χ1n) is 4.77. The number of carboxylic acid groups (broad SMARTS) is 1. The Labute approximate surface area is 110 Å². The minimum Gasteiger partial charge on any atom is -0.480 e. The number of carbonyl (C=O) groups is 1. The second-order valence-corrected chi connectivity index (χ2v) is 5.20. The van der Waals surface area contributed by atoms with Crippen molar-refractivity contribution in [2.45, 2.75) is 6.04 Å². The van der Waals surface area contributed by atoms with Crippen molar-refractivity contribution in [2.75, 3.05) is 0 Å². The van der Waals surface area contributed by atoms with E-state index in [0.717, 1.165) is 15.7 Å². The molecule has 0 fully saturated rings. The molecule has 1 aromatic carbocycles. The number of benzene rings is 1. The molecular weight excluding hydrogens is 304 g/mol. The zero-order chi connectivity index (χ0) is 12.4. The Kier molecular flexibility index (Phi) is 3.56. The Bertz CT molecular complexity index is 556. The average Bonchev–Trinajstić information content (AvgIpc) is 2.77. The molecule has 0 bridgehead atoms. The highest BCUT2D eigenvalue weighted by atomic mass is 79.9. The number of carboxylic acids is 1. The van der Waals surface area contributed by atoms with Crippen LogP contribution in [0.1, 0.15) is 11.0 Å². The van der Waals surface area contributed by atoms with Crippen LogP contribution in [0.25, 0.3) is 11.3 Å². The number of hydrogen-bond donors (Lipinski definition) is 2. The lowest BCUT2D eigenvalue weighted by Gasteiger charge is -2.00. The van der Waals surface area contributed by atoms with E-state index in [1.165, 1.54) is 11.3 Å². The van der Waals surface area contributed by atoms with E-state index in [0.29, 0.717) is 5.01 Å². The van der Waals surface area contributed by atoms with Gasteiger partial charge in [0.05, 0.1) is 5.69 Å². The summed E-state index contributed by atoms with van der Waals surface area (Å²) in [4.78, 5) is 15.0. The van der Waals surface area contributed by atoms with Crippen LogP contribution in [-0.2, 0) is 4.79 Å². The van der Waals surface area contributed by atoms with Gasteiger partial charge in [0.25, 0.3) is 0 Å². The maximum atomic E-state index is 10.7. The summed E-state index contributed by atoms with van der Waals surface area (Å²) in [5.74, 6) is -1.07. The first-order valence-corrected chi connectivity index (χ1v) is 6.45. The molecule has 0 aliphatic rings. The van der Waals surface area contributed by atoms with E-state index in [9.17, 15) is 4.79 Å². The molecule has 0 radical (unpaired) electrons. The van der Waals surface area contributed by atoms with Gasteiger partial charge in [-0.2, -0.15) is 0 Å². The summed E-state index contributed by atoms with van der Waals surface area (Å²) < 4.78 is 0.951. The quantitative estimate of drug-likeness (QED) is 0.913. The highest BCUT2D eigenvalue weighted by Gasteiger charge is 2.18. The van der Waals surface area contributed by atoms with Crippen molar-refractivity contribution in [3.8, 4) is 11.3 Å². The SMILES string of the molecule is NC(C(=O)O)c1nc(-c2cccc(Br)c2)cs1. The van der Waals surface area contributed by atoms with Gasteiger partial charge in [-0.05, 0) is 12.1 Å². The van der Waals surface area contributed by atoms with Crippen molar-refractivity contribution in [1.82, 2.24) is 4.98 Å². The van der Waals surface area contributed by atoms with Crippen LogP contribution >= 0.6 is 27.3 Å². The second-order valence-electron chi connectivity index (χ2n) is 3.40. The molecule has 0 amide bonds. The van der Waals surface area contributed by atoms with Crippen molar-refractivity contribution < 1.29 is 9.90 Å². The monoisotopic (exact) mass is 312 g/mol. The largest absolute Gasteiger partial charge is 0.480 e. The molecular formula is C11H9BrN2O2S. The van der Waals surface area contributed by atoms with Crippen LogP contribution in [0.4, 0.5) is 0 Å². The van der Waals surface area contributed by atoms with Crippen LogP contribution in [0.2, 0.25) is 0 Å². The summed E-state index contributed by atoms with van der Waals surface area (Å²) in [6, 6.07) is 6.59. The second kappa shape index (κ2) is 4.95. The van der Waals surface area contributed by atoms with Gasteiger partial charge in [0.1, 0.15) is 5.01 Å². The lowest BCUT2D eigenvalue weighted by Crippen LogP contribution is -2.20. The van der Waals surface area contributed by atoms with Gasteiger partial charge >= 0.3 is 5.97 Å². The van der Waals surface area contributed by atoms with E-state index < -0.39 is 12.0 Å². The molecule has 2 rings (SSSR count). The molecule has 6 heteroatoms. The fourth-order valence-corrected chi connectivity index (χ4v) is 2.54. The lowest BCUT2D eigenvalue weighted by atomic mass is 10.2. The van der Waals surface area contributed by atoms with Gasteiger partial charge in [0.2, 0.25) is 0 Å². The summed E-state index contributed by atoms with van der Waals surface area (Å²) in [5.41, 5.74) is 7.17. The van der Waals surface area contributed by atoms with Gasteiger partial charge in [0.15, 0.2) is 6.04 Å². The molecule has 2 aromatic rings. The zero-order valence-corrected chi connectivity index (χ0v) is 11.0. The predicted octanol–water partition coefficient (Wildman–Crippen LogP) is 2.66. The van der Waals surface area contributed by atoms with E-state index in [1.807, 2.05) is 24.3 Å². The van der Waals surface area contributed by atoms with Crippen molar-refractivity contribution in [1.29, 1.82) is 0 Å². The molecule has 4 nitrogen and oxygen atoms in total. The van der Waals surface area contributed by atoms with Crippen molar-refractivity contribution >= 4 is 33.2 Å². The molecule has 0 aliphatic heterocycles. The number of nitrogens with two attached hydrogens (primary N) is 1. The number of aliphatic carboxylic acids is 1. The molecule has 0 saturated carbocycles. The molecule has 0 aliphatic carbocycles. The molecule has 1 atom stereocenters. The number of thiazole rings is 1. The highest BCUT2D eigenvalue weighted by molar-refractivity contribution is 9.10. The molecule has 17 heavy (non-hydrogen) atoms. The summed E-state index contributed by atoms with van der Waals surface area (Å²) in [5, 5.41) is 11.0. The molecule has 3 N–H and O–H groups in total. The summed E-state index contributed by atoms with van der Waals surface area (Å²) in [7, 11) is 0. The van der Waals surface area contributed by atoms with E-state index in [-0.39, 0.29) is 0 Å².